The second kappa shape index (κ2) is 10.1. The zero-order valence-corrected chi connectivity index (χ0v) is 20.0. The van der Waals surface area contributed by atoms with E-state index in [1.54, 1.807) is 42.1 Å². The van der Waals surface area contributed by atoms with E-state index in [0.717, 1.165) is 6.20 Å². The maximum atomic E-state index is 14.8. The zero-order valence-electron chi connectivity index (χ0n) is 20.0. The Hall–Kier alpha value is -4.19. The number of carboxylic acids is 1. The number of aromatic nitrogens is 5. The Morgan fingerprint density at radius 3 is 2.65 bits per heavy atom. The summed E-state index contributed by atoms with van der Waals surface area (Å²) in [5.41, 5.74) is 0.645. The molecule has 1 fully saturated rings. The molecule has 0 atom stereocenters. The fourth-order valence-corrected chi connectivity index (χ4v) is 4.47. The molecule has 0 amide bonds. The van der Waals surface area contributed by atoms with Crippen molar-refractivity contribution in [2.75, 3.05) is 31.7 Å². The van der Waals surface area contributed by atoms with Crippen LogP contribution < -0.4 is 4.90 Å². The number of benzene rings is 1. The van der Waals surface area contributed by atoms with Gasteiger partial charge in [-0.05, 0) is 25.0 Å². The van der Waals surface area contributed by atoms with Gasteiger partial charge in [-0.25, -0.2) is 18.7 Å². The summed E-state index contributed by atoms with van der Waals surface area (Å²) in [6.07, 6.45) is 3.06. The highest BCUT2D eigenvalue weighted by atomic mass is 19.1. The molecule has 0 bridgehead atoms. The summed E-state index contributed by atoms with van der Waals surface area (Å²) in [6, 6.07) is 9.65. The number of halogens is 2. The van der Waals surface area contributed by atoms with Gasteiger partial charge < -0.3 is 19.3 Å². The highest BCUT2D eigenvalue weighted by Crippen LogP contribution is 2.34. The quantitative estimate of drug-likeness (QED) is 0.379. The van der Waals surface area contributed by atoms with Crippen LogP contribution in [0.5, 0.6) is 0 Å². The van der Waals surface area contributed by atoms with Gasteiger partial charge >= 0.3 is 5.97 Å². The van der Waals surface area contributed by atoms with E-state index in [9.17, 15) is 18.7 Å². The average molecular weight is 511 g/mol. The molecule has 0 aliphatic carbocycles. The third-order valence-electron chi connectivity index (χ3n) is 6.52. The number of nitrogens with zero attached hydrogens (tertiary/aromatic N) is 6. The predicted molar refractivity (Wildman–Crippen MR) is 128 cm³/mol. The number of rotatable bonds is 8. The molecule has 0 unspecified atom stereocenters. The van der Waals surface area contributed by atoms with E-state index in [2.05, 4.69) is 20.2 Å². The Labute approximate surface area is 210 Å². The lowest BCUT2D eigenvalue weighted by Gasteiger charge is -2.36. The van der Waals surface area contributed by atoms with Gasteiger partial charge in [-0.1, -0.05) is 23.4 Å². The van der Waals surface area contributed by atoms with Crippen LogP contribution in [0.2, 0.25) is 0 Å². The van der Waals surface area contributed by atoms with Crippen LogP contribution in [0.4, 0.5) is 14.6 Å². The van der Waals surface area contributed by atoms with E-state index in [4.69, 9.17) is 9.26 Å². The summed E-state index contributed by atoms with van der Waals surface area (Å²) < 4.78 is 41.0. The lowest BCUT2D eigenvalue weighted by Crippen LogP contribution is -2.46. The smallest absolute Gasteiger partial charge is 0.311 e. The third kappa shape index (κ3) is 4.92. The van der Waals surface area contributed by atoms with Crippen LogP contribution in [0.3, 0.4) is 0 Å². The van der Waals surface area contributed by atoms with E-state index in [0.29, 0.717) is 48.7 Å². The molecule has 3 aromatic heterocycles. The van der Waals surface area contributed by atoms with Crippen molar-refractivity contribution >= 4 is 11.8 Å². The Kier molecular flexibility index (Phi) is 6.66. The number of ether oxygens (including phenoxy) is 1. The summed E-state index contributed by atoms with van der Waals surface area (Å²) in [5, 5.41) is 18.4. The van der Waals surface area contributed by atoms with Gasteiger partial charge in [-0.3, -0.25) is 9.48 Å². The maximum Gasteiger partial charge on any atom is 0.311 e. The standard InChI is InChI=1S/C25H24F2N6O4/c1-32(15-25(24(34)35)7-10-36-11-8-25)23-18(27)13-28-22(29-23)20-12-21(19-6-9-37-31-19)33(30-20)14-16-4-2-3-5-17(16)26/h2-6,9,12-13H,7-8,10-11,14-15H2,1H3,(H,34,35). The highest BCUT2D eigenvalue weighted by Gasteiger charge is 2.41. The lowest BCUT2D eigenvalue weighted by atomic mass is 9.80. The molecule has 0 spiro atoms. The second-order valence-corrected chi connectivity index (χ2v) is 8.97. The normalized spacial score (nSPS) is 15.0. The third-order valence-corrected chi connectivity index (χ3v) is 6.52. The van der Waals surface area contributed by atoms with E-state index in [1.165, 1.54) is 17.2 Å². The number of hydrogen-bond donors (Lipinski definition) is 1. The molecule has 10 nitrogen and oxygen atoms in total. The van der Waals surface area contributed by atoms with Gasteiger partial charge in [-0.15, -0.1) is 0 Å². The van der Waals surface area contributed by atoms with Crippen molar-refractivity contribution in [3.05, 3.63) is 66.1 Å². The Morgan fingerprint density at radius 2 is 1.95 bits per heavy atom. The first-order chi connectivity index (χ1) is 17.9. The Balaban J connectivity index is 1.49. The van der Waals surface area contributed by atoms with Crippen LogP contribution in [0, 0.1) is 17.0 Å². The molecule has 12 heteroatoms. The van der Waals surface area contributed by atoms with Crippen molar-refractivity contribution in [1.29, 1.82) is 0 Å². The van der Waals surface area contributed by atoms with Crippen molar-refractivity contribution in [1.82, 2.24) is 24.9 Å². The zero-order chi connectivity index (χ0) is 26.0. The monoisotopic (exact) mass is 510 g/mol. The van der Waals surface area contributed by atoms with Gasteiger partial charge in [0.25, 0.3) is 0 Å². The fourth-order valence-electron chi connectivity index (χ4n) is 4.47. The van der Waals surface area contributed by atoms with E-state index >= 15 is 0 Å². The number of carboxylic acid groups (broad SMARTS) is 1. The van der Waals surface area contributed by atoms with Crippen molar-refractivity contribution in [3.8, 4) is 22.9 Å². The van der Waals surface area contributed by atoms with Gasteiger partial charge in [0, 0.05) is 38.4 Å². The molecule has 192 valence electrons. The van der Waals surface area contributed by atoms with Gasteiger partial charge in [-0.2, -0.15) is 5.10 Å². The van der Waals surface area contributed by atoms with E-state index in [-0.39, 0.29) is 30.5 Å². The molecular formula is C25H24F2N6O4. The summed E-state index contributed by atoms with van der Waals surface area (Å²) >= 11 is 0. The summed E-state index contributed by atoms with van der Waals surface area (Å²) in [7, 11) is 1.59. The predicted octanol–water partition coefficient (Wildman–Crippen LogP) is 3.64. The van der Waals surface area contributed by atoms with Gasteiger partial charge in [0.15, 0.2) is 17.5 Å². The second-order valence-electron chi connectivity index (χ2n) is 8.97. The molecule has 37 heavy (non-hydrogen) atoms. The minimum Gasteiger partial charge on any atom is -0.481 e. The van der Waals surface area contributed by atoms with Crippen molar-refractivity contribution in [2.24, 2.45) is 5.41 Å². The minimum atomic E-state index is -1.08. The maximum absolute atomic E-state index is 14.8. The first-order valence-electron chi connectivity index (χ1n) is 11.6. The number of hydrogen-bond acceptors (Lipinski definition) is 8. The number of carbonyl (C=O) groups is 1. The molecule has 5 rings (SSSR count). The first kappa shape index (κ1) is 24.5. The Morgan fingerprint density at radius 1 is 1.16 bits per heavy atom. The highest BCUT2D eigenvalue weighted by molar-refractivity contribution is 5.76. The number of anilines is 1. The lowest BCUT2D eigenvalue weighted by molar-refractivity contribution is -0.154. The first-order valence-corrected chi connectivity index (χ1v) is 11.6. The fraction of sp³-hybridized carbons (Fsp3) is 0.320. The van der Waals surface area contributed by atoms with Crippen LogP contribution in [0.25, 0.3) is 22.9 Å². The average Bonchev–Trinajstić information content (AvgIpc) is 3.56. The molecule has 4 heterocycles. The summed E-state index contributed by atoms with van der Waals surface area (Å²) in [6.45, 7) is 0.792. The molecular weight excluding hydrogens is 486 g/mol. The van der Waals surface area contributed by atoms with Crippen LogP contribution >= 0.6 is 0 Å². The van der Waals surface area contributed by atoms with Crippen molar-refractivity contribution in [3.63, 3.8) is 0 Å². The van der Waals surface area contributed by atoms with Gasteiger partial charge in [0.05, 0.1) is 23.9 Å². The SMILES string of the molecule is CN(CC1(C(=O)O)CCOCC1)c1nc(-c2cc(-c3ccon3)n(Cc3ccccc3F)n2)ncc1F. The van der Waals surface area contributed by atoms with Crippen LogP contribution in [0.1, 0.15) is 18.4 Å². The topological polar surface area (TPSA) is 119 Å². The molecule has 1 aliphatic heterocycles. The van der Waals surface area contributed by atoms with Crippen LogP contribution in [-0.2, 0) is 16.1 Å². The van der Waals surface area contributed by atoms with Crippen LogP contribution in [-0.4, -0.2) is 62.8 Å². The summed E-state index contributed by atoms with van der Waals surface area (Å²) in [5.74, 6) is -1.96. The number of aliphatic carboxylic acids is 1. The molecule has 4 aromatic rings. The Bertz CT molecular complexity index is 1400. The summed E-state index contributed by atoms with van der Waals surface area (Å²) in [4.78, 5) is 22.1. The van der Waals surface area contributed by atoms with E-state index in [1.807, 2.05) is 0 Å². The van der Waals surface area contributed by atoms with Gasteiger partial charge in [0.2, 0.25) is 0 Å². The van der Waals surface area contributed by atoms with Crippen molar-refractivity contribution in [2.45, 2.75) is 19.4 Å². The molecule has 1 N–H and O–H groups in total. The molecule has 1 saturated heterocycles. The molecule has 0 radical (unpaired) electrons. The van der Waals surface area contributed by atoms with Crippen LogP contribution in [0.15, 0.2) is 53.4 Å². The molecule has 1 aromatic carbocycles. The molecule has 0 saturated carbocycles. The van der Waals surface area contributed by atoms with Crippen molar-refractivity contribution < 1.29 is 27.9 Å². The largest absolute Gasteiger partial charge is 0.481 e. The molecule has 1 aliphatic rings. The minimum absolute atomic E-state index is 0.0466. The van der Waals surface area contributed by atoms with E-state index < -0.39 is 17.2 Å². The van der Waals surface area contributed by atoms with Gasteiger partial charge in [0.1, 0.15) is 23.5 Å².